The van der Waals surface area contributed by atoms with Crippen molar-refractivity contribution in [2.75, 3.05) is 19.6 Å². The molecular formula is C20H24N4O3. The molecule has 3 amide bonds. The Balaban J connectivity index is 1.46. The van der Waals surface area contributed by atoms with Gasteiger partial charge in [0, 0.05) is 38.6 Å². The van der Waals surface area contributed by atoms with Crippen LogP contribution < -0.4 is 5.32 Å². The molecule has 0 aromatic heterocycles. The quantitative estimate of drug-likeness (QED) is 0.841. The van der Waals surface area contributed by atoms with E-state index in [0.717, 1.165) is 5.56 Å². The van der Waals surface area contributed by atoms with Gasteiger partial charge in [-0.15, -0.1) is 0 Å². The second kappa shape index (κ2) is 8.67. The van der Waals surface area contributed by atoms with E-state index in [0.29, 0.717) is 39.0 Å². The molecule has 2 fully saturated rings. The van der Waals surface area contributed by atoms with Gasteiger partial charge in [0.2, 0.25) is 17.7 Å². The number of benzene rings is 1. The van der Waals surface area contributed by atoms with Gasteiger partial charge >= 0.3 is 0 Å². The third kappa shape index (κ3) is 4.85. The Morgan fingerprint density at radius 3 is 2.56 bits per heavy atom. The summed E-state index contributed by atoms with van der Waals surface area (Å²) in [5.41, 5.74) is 1.06. The number of hydrogen-bond donors (Lipinski definition) is 1. The number of amides is 3. The second-order valence-electron chi connectivity index (χ2n) is 7.16. The van der Waals surface area contributed by atoms with Crippen LogP contribution in [-0.4, -0.2) is 53.2 Å². The zero-order valence-corrected chi connectivity index (χ0v) is 15.3. The van der Waals surface area contributed by atoms with Crippen LogP contribution in [0.1, 0.15) is 31.2 Å². The molecule has 1 atom stereocenters. The van der Waals surface area contributed by atoms with Gasteiger partial charge in [-0.25, -0.2) is 0 Å². The van der Waals surface area contributed by atoms with Crippen LogP contribution >= 0.6 is 0 Å². The van der Waals surface area contributed by atoms with E-state index in [2.05, 4.69) is 5.32 Å². The van der Waals surface area contributed by atoms with E-state index < -0.39 is 0 Å². The van der Waals surface area contributed by atoms with Crippen LogP contribution in [0.15, 0.2) is 30.3 Å². The molecule has 0 aliphatic carbocycles. The highest BCUT2D eigenvalue weighted by Crippen LogP contribution is 2.21. The van der Waals surface area contributed by atoms with Crippen molar-refractivity contribution >= 4 is 17.7 Å². The number of nitrogens with one attached hydrogen (secondary N) is 1. The summed E-state index contributed by atoms with van der Waals surface area (Å²) in [7, 11) is 0. The zero-order chi connectivity index (χ0) is 19.2. The third-order valence-corrected chi connectivity index (χ3v) is 5.23. The first-order valence-electron chi connectivity index (χ1n) is 9.33. The zero-order valence-electron chi connectivity index (χ0n) is 15.3. The summed E-state index contributed by atoms with van der Waals surface area (Å²) >= 11 is 0. The number of carbonyl (C=O) groups is 3. The normalized spacial score (nSPS) is 20.4. The number of nitriles is 1. The fraction of sp³-hybridized carbons (Fsp3) is 0.500. The van der Waals surface area contributed by atoms with Crippen LogP contribution in [0.2, 0.25) is 0 Å². The number of carbonyl (C=O) groups excluding carboxylic acids is 3. The molecule has 7 heteroatoms. The lowest BCUT2D eigenvalue weighted by molar-refractivity contribution is -0.132. The summed E-state index contributed by atoms with van der Waals surface area (Å²) in [6.45, 7) is 2.08. The minimum absolute atomic E-state index is 0.0101. The molecule has 1 unspecified atom stereocenters. The van der Waals surface area contributed by atoms with Crippen LogP contribution in [0.4, 0.5) is 0 Å². The molecular weight excluding hydrogens is 344 g/mol. The van der Waals surface area contributed by atoms with Crippen LogP contribution in [0.3, 0.4) is 0 Å². The summed E-state index contributed by atoms with van der Waals surface area (Å²) < 4.78 is 0. The van der Waals surface area contributed by atoms with Gasteiger partial charge in [-0.1, -0.05) is 30.3 Å². The van der Waals surface area contributed by atoms with Crippen molar-refractivity contribution in [2.45, 2.75) is 38.3 Å². The highest BCUT2D eigenvalue weighted by atomic mass is 16.2. The average molecular weight is 368 g/mol. The summed E-state index contributed by atoms with van der Waals surface area (Å²) in [6.07, 6.45) is 1.51. The van der Waals surface area contributed by atoms with E-state index in [4.69, 9.17) is 5.26 Å². The van der Waals surface area contributed by atoms with Crippen LogP contribution in [0, 0.1) is 17.2 Å². The first-order chi connectivity index (χ1) is 13.1. The van der Waals surface area contributed by atoms with Gasteiger partial charge in [0.05, 0.1) is 12.0 Å². The standard InChI is InChI=1S/C20H24N4O3/c21-9-6-18(25)23-10-7-17(8-11-23)22-20(27)16-12-19(26)24(14-16)13-15-4-2-1-3-5-15/h1-5,16-17H,6-8,10-14H2,(H,22,27). The Morgan fingerprint density at radius 1 is 1.19 bits per heavy atom. The highest BCUT2D eigenvalue weighted by Gasteiger charge is 2.35. The molecule has 2 aliphatic heterocycles. The summed E-state index contributed by atoms with van der Waals surface area (Å²) in [4.78, 5) is 39.9. The Morgan fingerprint density at radius 2 is 1.89 bits per heavy atom. The molecule has 1 aromatic carbocycles. The van der Waals surface area contributed by atoms with E-state index in [1.54, 1.807) is 9.80 Å². The minimum Gasteiger partial charge on any atom is -0.353 e. The fourth-order valence-electron chi connectivity index (χ4n) is 3.68. The Labute approximate surface area is 158 Å². The maximum Gasteiger partial charge on any atom is 0.236 e. The fourth-order valence-corrected chi connectivity index (χ4v) is 3.68. The highest BCUT2D eigenvalue weighted by molar-refractivity contribution is 5.89. The molecule has 0 radical (unpaired) electrons. The molecule has 27 heavy (non-hydrogen) atoms. The monoisotopic (exact) mass is 368 g/mol. The Hall–Kier alpha value is -2.88. The molecule has 0 bridgehead atoms. The van der Waals surface area contributed by atoms with Gasteiger partial charge in [0.1, 0.15) is 6.42 Å². The maximum absolute atomic E-state index is 12.6. The van der Waals surface area contributed by atoms with E-state index in [1.165, 1.54) is 0 Å². The van der Waals surface area contributed by atoms with E-state index in [-0.39, 0.29) is 42.5 Å². The van der Waals surface area contributed by atoms with E-state index in [9.17, 15) is 14.4 Å². The molecule has 2 saturated heterocycles. The molecule has 0 saturated carbocycles. The van der Waals surface area contributed by atoms with Gasteiger partial charge < -0.3 is 15.1 Å². The van der Waals surface area contributed by atoms with Crippen molar-refractivity contribution < 1.29 is 14.4 Å². The van der Waals surface area contributed by atoms with Gasteiger partial charge in [-0.2, -0.15) is 5.26 Å². The number of piperidine rings is 1. The van der Waals surface area contributed by atoms with Gasteiger partial charge in [-0.05, 0) is 18.4 Å². The lowest BCUT2D eigenvalue weighted by Gasteiger charge is -2.32. The summed E-state index contributed by atoms with van der Waals surface area (Å²) in [6, 6.07) is 11.6. The average Bonchev–Trinajstić information content (AvgIpc) is 3.04. The number of rotatable bonds is 5. The largest absolute Gasteiger partial charge is 0.353 e. The molecule has 3 rings (SSSR count). The van der Waals surface area contributed by atoms with Crippen molar-refractivity contribution in [3.63, 3.8) is 0 Å². The smallest absolute Gasteiger partial charge is 0.236 e. The van der Waals surface area contributed by atoms with Crippen LogP contribution in [0.5, 0.6) is 0 Å². The number of likely N-dealkylation sites (tertiary alicyclic amines) is 2. The van der Waals surface area contributed by atoms with Gasteiger partial charge in [0.25, 0.3) is 0 Å². The van der Waals surface area contributed by atoms with Crippen molar-refractivity contribution in [2.24, 2.45) is 5.92 Å². The molecule has 1 aromatic rings. The van der Waals surface area contributed by atoms with Gasteiger partial charge in [-0.3, -0.25) is 14.4 Å². The molecule has 2 heterocycles. The third-order valence-electron chi connectivity index (χ3n) is 5.23. The molecule has 142 valence electrons. The van der Waals surface area contributed by atoms with Gasteiger partial charge in [0.15, 0.2) is 0 Å². The number of hydrogen-bond acceptors (Lipinski definition) is 4. The lowest BCUT2D eigenvalue weighted by Crippen LogP contribution is -2.48. The van der Waals surface area contributed by atoms with Crippen LogP contribution in [0.25, 0.3) is 0 Å². The first-order valence-corrected chi connectivity index (χ1v) is 9.33. The molecule has 1 N–H and O–H groups in total. The maximum atomic E-state index is 12.6. The van der Waals surface area contributed by atoms with Crippen molar-refractivity contribution in [3.05, 3.63) is 35.9 Å². The van der Waals surface area contributed by atoms with Crippen molar-refractivity contribution in [3.8, 4) is 6.07 Å². The number of nitrogens with zero attached hydrogens (tertiary/aromatic N) is 3. The summed E-state index contributed by atoms with van der Waals surface area (Å²) in [5.74, 6) is -0.545. The van der Waals surface area contributed by atoms with Crippen LogP contribution in [-0.2, 0) is 20.9 Å². The topological polar surface area (TPSA) is 93.5 Å². The molecule has 2 aliphatic rings. The molecule has 7 nitrogen and oxygen atoms in total. The Kier molecular flexibility index (Phi) is 6.07. The predicted molar refractivity (Wildman–Crippen MR) is 97.9 cm³/mol. The predicted octanol–water partition coefficient (Wildman–Crippen LogP) is 1.06. The first kappa shape index (κ1) is 18.9. The van der Waals surface area contributed by atoms with E-state index in [1.807, 2.05) is 36.4 Å². The summed E-state index contributed by atoms with van der Waals surface area (Å²) in [5, 5.41) is 11.6. The molecule has 0 spiro atoms. The minimum atomic E-state index is -0.320. The second-order valence-corrected chi connectivity index (χ2v) is 7.16. The van der Waals surface area contributed by atoms with Crippen molar-refractivity contribution in [1.29, 1.82) is 5.26 Å². The Bertz CT molecular complexity index is 735. The lowest BCUT2D eigenvalue weighted by atomic mass is 10.0. The van der Waals surface area contributed by atoms with Crippen molar-refractivity contribution in [1.82, 2.24) is 15.1 Å². The SMILES string of the molecule is N#CCC(=O)N1CCC(NC(=O)C2CC(=O)N(Cc3ccccc3)C2)CC1. The van der Waals surface area contributed by atoms with E-state index >= 15 is 0 Å².